The first-order chi connectivity index (χ1) is 13.7. The van der Waals surface area contributed by atoms with Crippen LogP contribution in [0.15, 0.2) is 23.4 Å². The standard InChI is InChI=1S/C22H30N4OS/c1-15(18-11-10-17-8-4-5-9-19(17)13-18)23-21(27)14-28-22-24-20(25-26-22)12-16-6-2-3-7-16/h10-11,13,15-16H,2-9,12,14H2,1H3,(H,23,27)(H,24,25,26). The Labute approximate surface area is 171 Å². The maximum Gasteiger partial charge on any atom is 0.230 e. The van der Waals surface area contributed by atoms with E-state index in [9.17, 15) is 4.79 Å². The van der Waals surface area contributed by atoms with Crippen LogP contribution < -0.4 is 5.32 Å². The second kappa shape index (κ2) is 9.12. The zero-order valence-electron chi connectivity index (χ0n) is 16.7. The van der Waals surface area contributed by atoms with E-state index >= 15 is 0 Å². The predicted molar refractivity (Wildman–Crippen MR) is 112 cm³/mol. The average molecular weight is 399 g/mol. The number of carbonyl (C=O) groups is 1. The van der Waals surface area contributed by atoms with Gasteiger partial charge in [-0.1, -0.05) is 55.6 Å². The Morgan fingerprint density at radius 1 is 1.21 bits per heavy atom. The van der Waals surface area contributed by atoms with Gasteiger partial charge in [-0.2, -0.15) is 0 Å². The summed E-state index contributed by atoms with van der Waals surface area (Å²) in [6, 6.07) is 6.69. The highest BCUT2D eigenvalue weighted by Crippen LogP contribution is 2.28. The van der Waals surface area contributed by atoms with Gasteiger partial charge in [0.1, 0.15) is 5.82 Å². The van der Waals surface area contributed by atoms with E-state index < -0.39 is 0 Å². The molecule has 1 amide bonds. The van der Waals surface area contributed by atoms with Gasteiger partial charge >= 0.3 is 0 Å². The summed E-state index contributed by atoms with van der Waals surface area (Å²) in [5, 5.41) is 11.1. The first-order valence-corrected chi connectivity index (χ1v) is 11.6. The summed E-state index contributed by atoms with van der Waals surface area (Å²) in [7, 11) is 0. The lowest BCUT2D eigenvalue weighted by molar-refractivity contribution is -0.119. The van der Waals surface area contributed by atoms with Crippen molar-refractivity contribution in [2.45, 2.75) is 75.9 Å². The fourth-order valence-electron chi connectivity index (χ4n) is 4.44. The smallest absolute Gasteiger partial charge is 0.230 e. The van der Waals surface area contributed by atoms with Gasteiger partial charge in [-0.25, -0.2) is 4.98 Å². The summed E-state index contributed by atoms with van der Waals surface area (Å²) in [5.74, 6) is 2.07. The SMILES string of the molecule is CC(NC(=O)CSc1n[nH]c(CC2CCCC2)n1)c1ccc2c(c1)CCCC2. The number of hydrogen-bond acceptors (Lipinski definition) is 4. The minimum atomic E-state index is 0.0189. The molecule has 1 aromatic carbocycles. The molecule has 1 aromatic heterocycles. The van der Waals surface area contributed by atoms with Gasteiger partial charge in [0, 0.05) is 6.42 Å². The first kappa shape index (κ1) is 19.5. The van der Waals surface area contributed by atoms with Crippen LogP contribution in [0.5, 0.6) is 0 Å². The molecule has 0 saturated heterocycles. The van der Waals surface area contributed by atoms with Gasteiger partial charge in [0.2, 0.25) is 11.1 Å². The molecule has 0 radical (unpaired) electrons. The molecule has 6 heteroatoms. The molecule has 2 aliphatic carbocycles. The number of fused-ring (bicyclic) bond motifs is 1. The summed E-state index contributed by atoms with van der Waals surface area (Å²) >= 11 is 1.40. The molecule has 28 heavy (non-hydrogen) atoms. The number of aromatic amines is 1. The first-order valence-electron chi connectivity index (χ1n) is 10.6. The van der Waals surface area contributed by atoms with Crippen LogP contribution in [0, 0.1) is 5.92 Å². The van der Waals surface area contributed by atoms with E-state index in [2.05, 4.69) is 45.6 Å². The van der Waals surface area contributed by atoms with E-state index in [1.165, 1.54) is 73.4 Å². The monoisotopic (exact) mass is 398 g/mol. The lowest BCUT2D eigenvalue weighted by Gasteiger charge is -2.20. The van der Waals surface area contributed by atoms with Gasteiger partial charge in [-0.05, 0) is 55.2 Å². The fourth-order valence-corrected chi connectivity index (χ4v) is 5.07. The largest absolute Gasteiger partial charge is 0.349 e. The minimum absolute atomic E-state index is 0.0189. The second-order valence-corrected chi connectivity index (χ2v) is 9.17. The van der Waals surface area contributed by atoms with Gasteiger partial charge in [0.15, 0.2) is 0 Å². The highest BCUT2D eigenvalue weighted by molar-refractivity contribution is 7.99. The highest BCUT2D eigenvalue weighted by Gasteiger charge is 2.18. The molecule has 1 atom stereocenters. The average Bonchev–Trinajstić information content (AvgIpc) is 3.38. The number of amides is 1. The van der Waals surface area contributed by atoms with Crippen molar-refractivity contribution >= 4 is 17.7 Å². The Morgan fingerprint density at radius 3 is 2.82 bits per heavy atom. The Morgan fingerprint density at radius 2 is 2.00 bits per heavy atom. The molecule has 1 heterocycles. The van der Waals surface area contributed by atoms with E-state index in [1.54, 1.807) is 0 Å². The second-order valence-electron chi connectivity index (χ2n) is 8.23. The fraction of sp³-hybridized carbons (Fsp3) is 0.591. The zero-order valence-corrected chi connectivity index (χ0v) is 17.5. The van der Waals surface area contributed by atoms with Gasteiger partial charge in [-0.15, -0.1) is 5.10 Å². The molecule has 2 aliphatic rings. The van der Waals surface area contributed by atoms with Crippen molar-refractivity contribution in [1.29, 1.82) is 0 Å². The molecule has 1 unspecified atom stereocenters. The molecule has 0 bridgehead atoms. The lowest BCUT2D eigenvalue weighted by Crippen LogP contribution is -2.28. The van der Waals surface area contributed by atoms with Gasteiger partial charge in [-0.3, -0.25) is 9.89 Å². The van der Waals surface area contributed by atoms with Crippen molar-refractivity contribution in [2.75, 3.05) is 5.75 Å². The van der Waals surface area contributed by atoms with Crippen LogP contribution in [0.4, 0.5) is 0 Å². The quantitative estimate of drug-likeness (QED) is 0.679. The Balaban J connectivity index is 1.25. The van der Waals surface area contributed by atoms with Gasteiger partial charge in [0.05, 0.1) is 11.8 Å². The molecule has 1 fully saturated rings. The predicted octanol–water partition coefficient (Wildman–Crippen LogP) is 4.39. The molecule has 0 spiro atoms. The van der Waals surface area contributed by atoms with E-state index in [0.29, 0.717) is 10.9 Å². The number of nitrogens with zero attached hydrogens (tertiary/aromatic N) is 2. The van der Waals surface area contributed by atoms with E-state index in [4.69, 9.17) is 0 Å². The zero-order chi connectivity index (χ0) is 19.3. The van der Waals surface area contributed by atoms with Crippen LogP contribution in [0.1, 0.15) is 74.0 Å². The highest BCUT2D eigenvalue weighted by atomic mass is 32.2. The maximum absolute atomic E-state index is 12.4. The van der Waals surface area contributed by atoms with Crippen molar-refractivity contribution in [3.63, 3.8) is 0 Å². The molecule has 2 aromatic rings. The molecule has 0 aliphatic heterocycles. The number of carbonyl (C=O) groups excluding carboxylic acids is 1. The number of nitrogens with one attached hydrogen (secondary N) is 2. The third kappa shape index (κ3) is 4.96. The molecule has 4 rings (SSSR count). The Kier molecular flexibility index (Phi) is 6.35. The number of benzene rings is 1. The van der Waals surface area contributed by atoms with Gasteiger partial charge < -0.3 is 5.32 Å². The Hall–Kier alpha value is -1.82. The number of hydrogen-bond donors (Lipinski definition) is 2. The molecule has 1 saturated carbocycles. The maximum atomic E-state index is 12.4. The number of H-pyrrole nitrogens is 1. The number of aromatic nitrogens is 3. The van der Waals surface area contributed by atoms with Crippen LogP contribution >= 0.6 is 11.8 Å². The van der Waals surface area contributed by atoms with Gasteiger partial charge in [0.25, 0.3) is 0 Å². The molecule has 150 valence electrons. The molecular formula is C22H30N4OS. The number of rotatable bonds is 7. The summed E-state index contributed by atoms with van der Waals surface area (Å²) < 4.78 is 0. The van der Waals surface area contributed by atoms with Crippen LogP contribution in [0.2, 0.25) is 0 Å². The summed E-state index contributed by atoms with van der Waals surface area (Å²) in [6.45, 7) is 2.06. The molecular weight excluding hydrogens is 368 g/mol. The van der Waals surface area contributed by atoms with Crippen LogP contribution in [-0.4, -0.2) is 26.8 Å². The van der Waals surface area contributed by atoms with E-state index in [-0.39, 0.29) is 11.9 Å². The van der Waals surface area contributed by atoms with Crippen molar-refractivity contribution in [3.05, 3.63) is 40.7 Å². The lowest BCUT2D eigenvalue weighted by atomic mass is 9.89. The summed E-state index contributed by atoms with van der Waals surface area (Å²) in [4.78, 5) is 16.9. The molecule has 2 N–H and O–H groups in total. The number of thioether (sulfide) groups is 1. The molecule has 5 nitrogen and oxygen atoms in total. The van der Waals surface area contributed by atoms with Crippen molar-refractivity contribution in [3.8, 4) is 0 Å². The van der Waals surface area contributed by atoms with Crippen LogP contribution in [0.25, 0.3) is 0 Å². The van der Waals surface area contributed by atoms with E-state index in [1.807, 2.05) is 0 Å². The van der Waals surface area contributed by atoms with Crippen LogP contribution in [0.3, 0.4) is 0 Å². The Bertz CT molecular complexity index is 813. The third-order valence-corrected chi connectivity index (χ3v) is 6.90. The van der Waals surface area contributed by atoms with Crippen molar-refractivity contribution in [1.82, 2.24) is 20.5 Å². The topological polar surface area (TPSA) is 70.7 Å². The van der Waals surface area contributed by atoms with Crippen LogP contribution in [-0.2, 0) is 24.1 Å². The summed E-state index contributed by atoms with van der Waals surface area (Å²) in [6.07, 6.45) is 11.2. The normalized spacial score (nSPS) is 18.0. The third-order valence-electron chi connectivity index (χ3n) is 6.05. The van der Waals surface area contributed by atoms with Crippen molar-refractivity contribution < 1.29 is 4.79 Å². The summed E-state index contributed by atoms with van der Waals surface area (Å²) in [5.41, 5.74) is 4.12. The van der Waals surface area contributed by atoms with Crippen molar-refractivity contribution in [2.24, 2.45) is 5.92 Å². The number of aryl methyl sites for hydroxylation is 2. The minimum Gasteiger partial charge on any atom is -0.349 e. The van der Waals surface area contributed by atoms with E-state index in [0.717, 1.165) is 24.6 Å².